The van der Waals surface area contributed by atoms with E-state index in [9.17, 15) is 14.4 Å². The van der Waals surface area contributed by atoms with Gasteiger partial charge in [-0.1, -0.05) is 12.1 Å². The van der Waals surface area contributed by atoms with E-state index in [-0.39, 0.29) is 18.0 Å². The topological polar surface area (TPSA) is 80.6 Å². The fraction of sp³-hybridized carbons (Fsp3) is 0.120. The minimum absolute atomic E-state index is 0.103. The van der Waals surface area contributed by atoms with Crippen LogP contribution in [0, 0.1) is 17.1 Å². The van der Waals surface area contributed by atoms with Crippen LogP contribution in [-0.2, 0) is 11.4 Å². The Kier molecular flexibility index (Phi) is 7.44. The number of nitrogens with one attached hydrogen (secondary N) is 1. The molecule has 0 atom stereocenters. The number of carbonyl (C=O) groups excluding carboxylic acids is 1. The van der Waals surface area contributed by atoms with E-state index in [1.807, 2.05) is 6.07 Å². The summed E-state index contributed by atoms with van der Waals surface area (Å²) in [6.07, 6.45) is 1.43. The van der Waals surface area contributed by atoms with Gasteiger partial charge >= 0.3 is 0 Å². The zero-order chi connectivity index (χ0) is 22.9. The average molecular weight is 432 g/mol. The highest BCUT2D eigenvalue weighted by atomic mass is 19.1. The molecule has 0 saturated heterocycles. The van der Waals surface area contributed by atoms with E-state index in [0.29, 0.717) is 34.1 Å². The van der Waals surface area contributed by atoms with Crippen molar-refractivity contribution in [3.63, 3.8) is 0 Å². The van der Waals surface area contributed by atoms with Gasteiger partial charge in [-0.15, -0.1) is 0 Å². The summed E-state index contributed by atoms with van der Waals surface area (Å²) >= 11 is 0. The second-order valence-corrected chi connectivity index (χ2v) is 6.67. The Morgan fingerprint density at radius 2 is 1.75 bits per heavy atom. The summed E-state index contributed by atoms with van der Waals surface area (Å²) in [4.78, 5) is 12.6. The second-order valence-electron chi connectivity index (χ2n) is 6.67. The summed E-state index contributed by atoms with van der Waals surface area (Å²) in [5, 5.41) is 12.2. The van der Waals surface area contributed by atoms with Crippen LogP contribution in [0.1, 0.15) is 11.1 Å². The minimum atomic E-state index is -0.565. The fourth-order valence-electron chi connectivity index (χ4n) is 2.85. The predicted molar refractivity (Wildman–Crippen MR) is 119 cm³/mol. The van der Waals surface area contributed by atoms with Crippen LogP contribution < -0.4 is 19.5 Å². The highest BCUT2D eigenvalue weighted by molar-refractivity contribution is 6.09. The molecule has 32 heavy (non-hydrogen) atoms. The first-order valence-corrected chi connectivity index (χ1v) is 9.65. The Labute approximate surface area is 185 Å². The van der Waals surface area contributed by atoms with Crippen molar-refractivity contribution in [1.29, 1.82) is 5.26 Å². The third kappa shape index (κ3) is 5.86. The first kappa shape index (κ1) is 22.4. The van der Waals surface area contributed by atoms with Crippen LogP contribution in [0.4, 0.5) is 10.1 Å². The summed E-state index contributed by atoms with van der Waals surface area (Å²) in [7, 11) is 3.07. The van der Waals surface area contributed by atoms with E-state index in [1.165, 1.54) is 25.3 Å². The molecule has 0 aliphatic carbocycles. The predicted octanol–water partition coefficient (Wildman–Crippen LogP) is 4.97. The maximum Gasteiger partial charge on any atom is 0.266 e. The number of hydrogen-bond donors (Lipinski definition) is 1. The van der Waals surface area contributed by atoms with Gasteiger partial charge in [-0.2, -0.15) is 5.26 Å². The molecule has 0 spiro atoms. The number of ether oxygens (including phenoxy) is 3. The van der Waals surface area contributed by atoms with Crippen molar-refractivity contribution in [2.45, 2.75) is 6.61 Å². The zero-order valence-corrected chi connectivity index (χ0v) is 17.6. The van der Waals surface area contributed by atoms with Gasteiger partial charge in [0.05, 0.1) is 14.2 Å². The van der Waals surface area contributed by atoms with E-state index in [2.05, 4.69) is 5.32 Å². The maximum absolute atomic E-state index is 13.4. The van der Waals surface area contributed by atoms with Crippen molar-refractivity contribution in [1.82, 2.24) is 0 Å². The second kappa shape index (κ2) is 10.6. The lowest BCUT2D eigenvalue weighted by Gasteiger charge is -2.12. The van der Waals surface area contributed by atoms with E-state index in [1.54, 1.807) is 61.7 Å². The molecule has 0 heterocycles. The molecule has 1 amide bonds. The van der Waals surface area contributed by atoms with Crippen molar-refractivity contribution in [2.75, 3.05) is 19.5 Å². The number of hydrogen-bond acceptors (Lipinski definition) is 5. The third-order valence-corrected chi connectivity index (χ3v) is 4.52. The number of nitriles is 1. The molecule has 162 valence electrons. The molecule has 0 aliphatic heterocycles. The molecule has 0 radical (unpaired) electrons. The van der Waals surface area contributed by atoms with Crippen LogP contribution in [0.15, 0.2) is 72.3 Å². The molecule has 0 unspecified atom stereocenters. The highest BCUT2D eigenvalue weighted by Gasteiger charge is 2.13. The number of benzene rings is 3. The Morgan fingerprint density at radius 3 is 2.41 bits per heavy atom. The van der Waals surface area contributed by atoms with Crippen LogP contribution in [0.25, 0.3) is 6.08 Å². The minimum Gasteiger partial charge on any atom is -0.497 e. The quantitative estimate of drug-likeness (QED) is 0.402. The van der Waals surface area contributed by atoms with Crippen LogP contribution in [0.3, 0.4) is 0 Å². The van der Waals surface area contributed by atoms with Gasteiger partial charge in [0.1, 0.15) is 41.3 Å². The van der Waals surface area contributed by atoms with Crippen molar-refractivity contribution in [3.8, 4) is 23.3 Å². The number of anilines is 1. The van der Waals surface area contributed by atoms with Crippen molar-refractivity contribution >= 4 is 17.7 Å². The molecule has 0 aliphatic rings. The number of rotatable bonds is 8. The third-order valence-electron chi connectivity index (χ3n) is 4.52. The van der Waals surface area contributed by atoms with Crippen molar-refractivity contribution in [2.24, 2.45) is 0 Å². The molecule has 0 fully saturated rings. The summed E-state index contributed by atoms with van der Waals surface area (Å²) in [5.41, 5.74) is 1.56. The number of methoxy groups -OCH3 is 2. The highest BCUT2D eigenvalue weighted by Crippen LogP contribution is 2.28. The fourth-order valence-corrected chi connectivity index (χ4v) is 2.85. The molecule has 3 aromatic carbocycles. The Hall–Kier alpha value is -4.31. The smallest absolute Gasteiger partial charge is 0.266 e. The average Bonchev–Trinajstić information content (AvgIpc) is 2.82. The Balaban J connectivity index is 1.83. The van der Waals surface area contributed by atoms with Gasteiger partial charge in [-0.3, -0.25) is 4.79 Å². The van der Waals surface area contributed by atoms with E-state index in [4.69, 9.17) is 14.2 Å². The first-order chi connectivity index (χ1) is 15.5. The summed E-state index contributed by atoms with van der Waals surface area (Å²) in [6, 6.07) is 19.7. The molecule has 3 aromatic rings. The van der Waals surface area contributed by atoms with Crippen LogP contribution >= 0.6 is 0 Å². The molecule has 0 bridgehead atoms. The van der Waals surface area contributed by atoms with E-state index in [0.717, 1.165) is 0 Å². The zero-order valence-electron chi connectivity index (χ0n) is 17.6. The SMILES string of the molecule is COc1ccc(NC(=O)/C(C#N)=C/c2ccc(OC)cc2OCc2cccc(F)c2)cc1. The summed E-state index contributed by atoms with van der Waals surface area (Å²) in [6.45, 7) is 0.103. The number of nitrogens with zero attached hydrogens (tertiary/aromatic N) is 1. The molecule has 1 N–H and O–H groups in total. The summed E-state index contributed by atoms with van der Waals surface area (Å²) in [5.74, 6) is 0.650. The molecular weight excluding hydrogens is 411 g/mol. The van der Waals surface area contributed by atoms with E-state index >= 15 is 0 Å². The lowest BCUT2D eigenvalue weighted by molar-refractivity contribution is -0.112. The molecule has 0 aromatic heterocycles. The first-order valence-electron chi connectivity index (χ1n) is 9.65. The summed E-state index contributed by atoms with van der Waals surface area (Å²) < 4.78 is 29.6. The molecule has 6 nitrogen and oxygen atoms in total. The van der Waals surface area contributed by atoms with Gasteiger partial charge in [-0.25, -0.2) is 4.39 Å². The lowest BCUT2D eigenvalue weighted by Crippen LogP contribution is -2.13. The van der Waals surface area contributed by atoms with Gasteiger partial charge in [0.25, 0.3) is 5.91 Å². The van der Waals surface area contributed by atoms with Gasteiger partial charge in [-0.05, 0) is 60.2 Å². The monoisotopic (exact) mass is 432 g/mol. The van der Waals surface area contributed by atoms with Crippen LogP contribution in [0.5, 0.6) is 17.2 Å². The van der Waals surface area contributed by atoms with Crippen LogP contribution in [-0.4, -0.2) is 20.1 Å². The largest absolute Gasteiger partial charge is 0.497 e. The van der Waals surface area contributed by atoms with Gasteiger partial charge in [0, 0.05) is 17.3 Å². The van der Waals surface area contributed by atoms with Crippen molar-refractivity contribution in [3.05, 3.63) is 89.2 Å². The van der Waals surface area contributed by atoms with Gasteiger partial charge in [0.2, 0.25) is 0 Å². The molecule has 0 saturated carbocycles. The standard InChI is InChI=1S/C25H21FN2O4/c1-30-22-10-7-21(8-11-22)28-25(29)19(15-27)13-18-6-9-23(31-2)14-24(18)32-16-17-4-3-5-20(26)12-17/h3-14H,16H2,1-2H3,(H,28,29)/b19-13+. The number of amides is 1. The molecule has 7 heteroatoms. The normalized spacial score (nSPS) is 10.8. The Bertz CT molecular complexity index is 1170. The number of carbonyl (C=O) groups is 1. The lowest BCUT2D eigenvalue weighted by atomic mass is 10.1. The Morgan fingerprint density at radius 1 is 1.03 bits per heavy atom. The van der Waals surface area contributed by atoms with Gasteiger partial charge < -0.3 is 19.5 Å². The van der Waals surface area contributed by atoms with Crippen LogP contribution in [0.2, 0.25) is 0 Å². The molecule has 3 rings (SSSR count). The molecular formula is C25H21FN2O4. The maximum atomic E-state index is 13.4. The van der Waals surface area contributed by atoms with Crippen molar-refractivity contribution < 1.29 is 23.4 Å². The van der Waals surface area contributed by atoms with E-state index < -0.39 is 5.91 Å². The van der Waals surface area contributed by atoms with Gasteiger partial charge in [0.15, 0.2) is 0 Å². The number of halogens is 1.